The van der Waals surface area contributed by atoms with E-state index in [9.17, 15) is 0 Å². The van der Waals surface area contributed by atoms with Gasteiger partial charge in [-0.25, -0.2) is 0 Å². The average Bonchev–Trinajstić information content (AvgIpc) is 2.31. The SMILES string of the molecule is OCCCC(CO)OCc1ccccc1. The molecule has 1 atom stereocenters. The van der Waals surface area contributed by atoms with Crippen LogP contribution in [0.2, 0.25) is 0 Å². The van der Waals surface area contributed by atoms with Crippen LogP contribution in [0, 0.1) is 0 Å². The van der Waals surface area contributed by atoms with Gasteiger partial charge in [-0.05, 0) is 18.4 Å². The molecule has 0 saturated heterocycles. The summed E-state index contributed by atoms with van der Waals surface area (Å²) in [5, 5.41) is 17.7. The summed E-state index contributed by atoms with van der Waals surface area (Å²) >= 11 is 0. The number of aliphatic hydroxyl groups excluding tert-OH is 2. The minimum atomic E-state index is -0.169. The van der Waals surface area contributed by atoms with Gasteiger partial charge in [-0.3, -0.25) is 0 Å². The molecule has 0 aliphatic carbocycles. The predicted molar refractivity (Wildman–Crippen MR) is 58.4 cm³/mol. The van der Waals surface area contributed by atoms with Crippen LogP contribution < -0.4 is 0 Å². The van der Waals surface area contributed by atoms with Crippen molar-refractivity contribution in [1.82, 2.24) is 0 Å². The van der Waals surface area contributed by atoms with Crippen molar-refractivity contribution in [1.29, 1.82) is 0 Å². The lowest BCUT2D eigenvalue weighted by Crippen LogP contribution is -2.18. The summed E-state index contributed by atoms with van der Waals surface area (Å²) in [4.78, 5) is 0. The molecule has 1 rings (SSSR count). The summed E-state index contributed by atoms with van der Waals surface area (Å²) in [6.07, 6.45) is 1.19. The topological polar surface area (TPSA) is 49.7 Å². The first kappa shape index (κ1) is 12.2. The third-order valence-electron chi connectivity index (χ3n) is 2.22. The van der Waals surface area contributed by atoms with Gasteiger partial charge in [0.25, 0.3) is 0 Å². The van der Waals surface area contributed by atoms with Crippen LogP contribution in [0.5, 0.6) is 0 Å². The predicted octanol–water partition coefficient (Wildman–Crippen LogP) is 1.34. The lowest BCUT2D eigenvalue weighted by Gasteiger charge is -2.14. The Labute approximate surface area is 90.3 Å². The smallest absolute Gasteiger partial charge is 0.0811 e. The number of rotatable bonds is 7. The zero-order valence-corrected chi connectivity index (χ0v) is 8.80. The van der Waals surface area contributed by atoms with E-state index < -0.39 is 0 Å². The Kier molecular flexibility index (Phi) is 6.00. The Morgan fingerprint density at radius 2 is 1.87 bits per heavy atom. The summed E-state index contributed by atoms with van der Waals surface area (Å²) < 4.78 is 5.52. The van der Waals surface area contributed by atoms with Gasteiger partial charge in [0.1, 0.15) is 0 Å². The van der Waals surface area contributed by atoms with E-state index in [2.05, 4.69) is 0 Å². The Bertz CT molecular complexity index is 248. The van der Waals surface area contributed by atoms with E-state index >= 15 is 0 Å². The van der Waals surface area contributed by atoms with E-state index in [-0.39, 0.29) is 19.3 Å². The van der Waals surface area contributed by atoms with Crippen LogP contribution in [0.1, 0.15) is 18.4 Å². The van der Waals surface area contributed by atoms with Crippen molar-refractivity contribution in [3.05, 3.63) is 35.9 Å². The van der Waals surface area contributed by atoms with Crippen molar-refractivity contribution < 1.29 is 14.9 Å². The normalized spacial score (nSPS) is 12.7. The van der Waals surface area contributed by atoms with Crippen LogP contribution in [0.4, 0.5) is 0 Å². The first-order valence-electron chi connectivity index (χ1n) is 5.24. The van der Waals surface area contributed by atoms with Crippen molar-refractivity contribution in [2.24, 2.45) is 0 Å². The molecule has 0 bridgehead atoms. The molecular formula is C12H18O3. The molecule has 0 spiro atoms. The molecule has 1 aromatic rings. The molecule has 1 aromatic carbocycles. The molecule has 0 fully saturated rings. The molecular weight excluding hydrogens is 192 g/mol. The summed E-state index contributed by atoms with van der Waals surface area (Å²) in [5.41, 5.74) is 1.10. The van der Waals surface area contributed by atoms with Gasteiger partial charge in [-0.2, -0.15) is 0 Å². The van der Waals surface area contributed by atoms with E-state index in [1.54, 1.807) is 0 Å². The van der Waals surface area contributed by atoms with E-state index in [1.165, 1.54) is 0 Å². The summed E-state index contributed by atoms with van der Waals surface area (Å²) in [6, 6.07) is 9.85. The summed E-state index contributed by atoms with van der Waals surface area (Å²) in [6.45, 7) is 0.662. The van der Waals surface area contributed by atoms with Crippen LogP contribution in [-0.2, 0) is 11.3 Å². The fourth-order valence-electron chi connectivity index (χ4n) is 1.33. The first-order chi connectivity index (χ1) is 7.36. The van der Waals surface area contributed by atoms with E-state index in [0.29, 0.717) is 19.4 Å². The zero-order valence-electron chi connectivity index (χ0n) is 8.80. The second-order valence-corrected chi connectivity index (χ2v) is 3.47. The standard InChI is InChI=1S/C12H18O3/c13-8-4-7-12(9-14)15-10-11-5-2-1-3-6-11/h1-3,5-6,12-14H,4,7-10H2. The number of benzene rings is 1. The van der Waals surface area contributed by atoms with Crippen molar-refractivity contribution in [3.8, 4) is 0 Å². The second kappa shape index (κ2) is 7.40. The largest absolute Gasteiger partial charge is 0.396 e. The third-order valence-corrected chi connectivity index (χ3v) is 2.22. The van der Waals surface area contributed by atoms with E-state index in [4.69, 9.17) is 14.9 Å². The number of hydrogen-bond donors (Lipinski definition) is 2. The number of hydrogen-bond acceptors (Lipinski definition) is 3. The van der Waals surface area contributed by atoms with Gasteiger partial charge in [0.15, 0.2) is 0 Å². The summed E-state index contributed by atoms with van der Waals surface area (Å²) in [7, 11) is 0. The van der Waals surface area contributed by atoms with Crippen molar-refractivity contribution in [2.45, 2.75) is 25.6 Å². The minimum absolute atomic E-state index is 0.00678. The fourth-order valence-corrected chi connectivity index (χ4v) is 1.33. The Morgan fingerprint density at radius 1 is 1.13 bits per heavy atom. The maximum Gasteiger partial charge on any atom is 0.0811 e. The molecule has 3 heteroatoms. The van der Waals surface area contributed by atoms with E-state index in [0.717, 1.165) is 5.56 Å². The van der Waals surface area contributed by atoms with Crippen molar-refractivity contribution in [3.63, 3.8) is 0 Å². The maximum atomic E-state index is 9.02. The molecule has 2 N–H and O–H groups in total. The number of ether oxygens (including phenoxy) is 1. The Balaban J connectivity index is 2.28. The molecule has 15 heavy (non-hydrogen) atoms. The third kappa shape index (κ3) is 4.93. The summed E-state index contributed by atoms with van der Waals surface area (Å²) in [5.74, 6) is 0. The Morgan fingerprint density at radius 3 is 2.47 bits per heavy atom. The molecule has 0 radical (unpaired) electrons. The molecule has 0 heterocycles. The minimum Gasteiger partial charge on any atom is -0.396 e. The molecule has 0 aliphatic heterocycles. The lowest BCUT2D eigenvalue weighted by atomic mass is 10.2. The molecule has 0 saturated carbocycles. The molecule has 84 valence electrons. The molecule has 0 amide bonds. The molecule has 0 aliphatic rings. The van der Waals surface area contributed by atoms with E-state index in [1.807, 2.05) is 30.3 Å². The highest BCUT2D eigenvalue weighted by Crippen LogP contribution is 2.07. The highest BCUT2D eigenvalue weighted by atomic mass is 16.5. The second-order valence-electron chi connectivity index (χ2n) is 3.47. The quantitative estimate of drug-likeness (QED) is 0.714. The fraction of sp³-hybridized carbons (Fsp3) is 0.500. The first-order valence-corrected chi connectivity index (χ1v) is 5.24. The van der Waals surface area contributed by atoms with Crippen LogP contribution in [0.25, 0.3) is 0 Å². The molecule has 0 aromatic heterocycles. The van der Waals surface area contributed by atoms with Crippen molar-refractivity contribution in [2.75, 3.05) is 13.2 Å². The van der Waals surface area contributed by atoms with Crippen LogP contribution in [0.15, 0.2) is 30.3 Å². The number of aliphatic hydroxyl groups is 2. The van der Waals surface area contributed by atoms with Gasteiger partial charge >= 0.3 is 0 Å². The molecule has 1 unspecified atom stereocenters. The maximum absolute atomic E-state index is 9.02. The van der Waals surface area contributed by atoms with Gasteiger partial charge in [0.2, 0.25) is 0 Å². The lowest BCUT2D eigenvalue weighted by molar-refractivity contribution is -0.00528. The van der Waals surface area contributed by atoms with Gasteiger partial charge in [0, 0.05) is 6.61 Å². The average molecular weight is 210 g/mol. The Hall–Kier alpha value is -0.900. The van der Waals surface area contributed by atoms with Crippen LogP contribution in [0.3, 0.4) is 0 Å². The van der Waals surface area contributed by atoms with Crippen LogP contribution >= 0.6 is 0 Å². The van der Waals surface area contributed by atoms with Crippen molar-refractivity contribution >= 4 is 0 Å². The van der Waals surface area contributed by atoms with Gasteiger partial charge in [-0.15, -0.1) is 0 Å². The van der Waals surface area contributed by atoms with Gasteiger partial charge in [-0.1, -0.05) is 30.3 Å². The molecule has 3 nitrogen and oxygen atoms in total. The highest BCUT2D eigenvalue weighted by Gasteiger charge is 2.06. The van der Waals surface area contributed by atoms with Gasteiger partial charge < -0.3 is 14.9 Å². The van der Waals surface area contributed by atoms with Gasteiger partial charge in [0.05, 0.1) is 19.3 Å². The highest BCUT2D eigenvalue weighted by molar-refractivity contribution is 5.13. The monoisotopic (exact) mass is 210 g/mol. The van der Waals surface area contributed by atoms with Crippen LogP contribution in [-0.4, -0.2) is 29.5 Å². The zero-order chi connectivity index (χ0) is 10.9.